The van der Waals surface area contributed by atoms with Crippen LogP contribution in [0.1, 0.15) is 17.5 Å². The summed E-state index contributed by atoms with van der Waals surface area (Å²) >= 11 is 5.01. The third-order valence-corrected chi connectivity index (χ3v) is 4.31. The van der Waals surface area contributed by atoms with Crippen molar-refractivity contribution in [1.82, 2.24) is 10.2 Å². The molecular weight excluding hydrogens is 290 g/mol. The Kier molecular flexibility index (Phi) is 3.05. The van der Waals surface area contributed by atoms with Crippen molar-refractivity contribution in [1.29, 1.82) is 0 Å². The number of thiophene rings is 1. The fourth-order valence-corrected chi connectivity index (χ4v) is 3.07. The van der Waals surface area contributed by atoms with Gasteiger partial charge in [0.05, 0.1) is 5.54 Å². The van der Waals surface area contributed by atoms with Crippen LogP contribution in [0.2, 0.25) is 0 Å². The highest BCUT2D eigenvalue weighted by Crippen LogP contribution is 2.30. The van der Waals surface area contributed by atoms with E-state index in [1.54, 1.807) is 11.3 Å². The number of rotatable bonds is 3. The summed E-state index contributed by atoms with van der Waals surface area (Å²) in [7, 11) is 0. The van der Waals surface area contributed by atoms with Crippen molar-refractivity contribution in [2.45, 2.75) is 18.9 Å². The van der Waals surface area contributed by atoms with Crippen molar-refractivity contribution in [2.24, 2.45) is 5.73 Å². The molecule has 0 radical (unpaired) electrons. The van der Waals surface area contributed by atoms with Crippen LogP contribution >= 0.6 is 27.3 Å². The fraction of sp³-hybridized carbons (Fsp3) is 0.300. The molecule has 2 rings (SSSR count). The Morgan fingerprint density at radius 3 is 2.75 bits per heavy atom. The fourth-order valence-electron chi connectivity index (χ4n) is 1.56. The zero-order chi connectivity index (χ0) is 11.8. The quantitative estimate of drug-likeness (QED) is 0.810. The summed E-state index contributed by atoms with van der Waals surface area (Å²) in [6, 6.07) is 3.54. The number of hydrogen-bond donors (Lipinski definition) is 3. The van der Waals surface area contributed by atoms with E-state index in [-0.39, 0.29) is 5.56 Å². The molecule has 2 heterocycles. The number of hydrogen-bond acceptors (Lipinski definition) is 3. The van der Waals surface area contributed by atoms with Gasteiger partial charge >= 0.3 is 0 Å². The predicted octanol–water partition coefficient (Wildman–Crippen LogP) is 1.94. The van der Waals surface area contributed by atoms with Gasteiger partial charge in [-0.25, -0.2) is 0 Å². The molecule has 0 unspecified atom stereocenters. The van der Waals surface area contributed by atoms with E-state index in [0.717, 1.165) is 15.0 Å². The van der Waals surface area contributed by atoms with Crippen LogP contribution in [0.25, 0.3) is 0 Å². The van der Waals surface area contributed by atoms with Crippen LogP contribution < -0.4 is 11.3 Å². The molecule has 0 aliphatic carbocycles. The standard InChI is InChI=1S/C10H12BrN3OS/c1-10(12,8-2-6(11)5-16-8)4-7-3-9(15)14-13-7/h2-3,5H,4,12H2,1H3,(H2,13,14,15)/t10-/m0/s1. The summed E-state index contributed by atoms with van der Waals surface area (Å²) in [5.74, 6) is 0. The van der Waals surface area contributed by atoms with Crippen LogP contribution in [0.15, 0.2) is 26.8 Å². The first kappa shape index (κ1) is 11.6. The van der Waals surface area contributed by atoms with Gasteiger partial charge in [-0.2, -0.15) is 0 Å². The van der Waals surface area contributed by atoms with Gasteiger partial charge in [0.1, 0.15) is 0 Å². The van der Waals surface area contributed by atoms with Gasteiger partial charge in [-0.15, -0.1) is 11.3 Å². The van der Waals surface area contributed by atoms with Crippen molar-refractivity contribution in [3.63, 3.8) is 0 Å². The molecule has 1 atom stereocenters. The maximum absolute atomic E-state index is 11.0. The van der Waals surface area contributed by atoms with Crippen LogP contribution in [0.4, 0.5) is 0 Å². The Hall–Kier alpha value is -0.850. The monoisotopic (exact) mass is 301 g/mol. The second-order valence-corrected chi connectivity index (χ2v) is 5.83. The maximum Gasteiger partial charge on any atom is 0.264 e. The summed E-state index contributed by atoms with van der Waals surface area (Å²) in [5.41, 5.74) is 6.47. The van der Waals surface area contributed by atoms with Crippen molar-refractivity contribution in [3.8, 4) is 0 Å². The molecule has 0 spiro atoms. The largest absolute Gasteiger partial charge is 0.321 e. The lowest BCUT2D eigenvalue weighted by Gasteiger charge is -2.22. The molecular formula is C10H12BrN3OS. The lowest BCUT2D eigenvalue weighted by atomic mass is 9.95. The molecule has 6 heteroatoms. The summed E-state index contributed by atoms with van der Waals surface area (Å²) in [4.78, 5) is 12.1. The second-order valence-electron chi connectivity index (χ2n) is 4.01. The Morgan fingerprint density at radius 1 is 1.50 bits per heavy atom. The molecule has 0 saturated carbocycles. The third kappa shape index (κ3) is 2.45. The number of aromatic nitrogens is 2. The molecule has 2 aromatic heterocycles. The molecule has 0 saturated heterocycles. The van der Waals surface area contributed by atoms with E-state index in [1.807, 2.05) is 18.4 Å². The summed E-state index contributed by atoms with van der Waals surface area (Å²) in [5, 5.41) is 7.32. The minimum Gasteiger partial charge on any atom is -0.321 e. The third-order valence-electron chi connectivity index (χ3n) is 2.34. The first-order valence-corrected chi connectivity index (χ1v) is 6.44. The molecule has 86 valence electrons. The van der Waals surface area contributed by atoms with Gasteiger partial charge < -0.3 is 10.8 Å². The topological polar surface area (TPSA) is 74.7 Å². The van der Waals surface area contributed by atoms with Crippen LogP contribution in [0.5, 0.6) is 0 Å². The molecule has 4 N–H and O–H groups in total. The molecule has 4 nitrogen and oxygen atoms in total. The molecule has 0 fully saturated rings. The van der Waals surface area contributed by atoms with E-state index in [0.29, 0.717) is 6.42 Å². The zero-order valence-corrected chi connectivity index (χ0v) is 11.1. The van der Waals surface area contributed by atoms with Gasteiger partial charge in [-0.05, 0) is 28.9 Å². The highest BCUT2D eigenvalue weighted by Gasteiger charge is 2.24. The number of halogens is 1. The van der Waals surface area contributed by atoms with Crippen molar-refractivity contribution in [3.05, 3.63) is 42.9 Å². The minimum absolute atomic E-state index is 0.127. The molecule has 16 heavy (non-hydrogen) atoms. The number of H-pyrrole nitrogens is 2. The van der Waals surface area contributed by atoms with Gasteiger partial charge in [-0.1, -0.05) is 0 Å². The van der Waals surface area contributed by atoms with Gasteiger partial charge in [0.25, 0.3) is 5.56 Å². The van der Waals surface area contributed by atoms with E-state index in [9.17, 15) is 4.79 Å². The number of nitrogens with one attached hydrogen (secondary N) is 2. The van der Waals surface area contributed by atoms with Crippen LogP contribution in [0.3, 0.4) is 0 Å². The van der Waals surface area contributed by atoms with E-state index >= 15 is 0 Å². The average Bonchev–Trinajstić information content (AvgIpc) is 2.75. The SMILES string of the molecule is C[C@](N)(Cc1cc(=O)[nH][nH]1)c1cc(Br)cs1. The van der Waals surface area contributed by atoms with Crippen LogP contribution in [0, 0.1) is 0 Å². The molecule has 0 aliphatic rings. The Labute approximate surface area is 105 Å². The maximum atomic E-state index is 11.0. The van der Waals surface area contributed by atoms with E-state index in [2.05, 4.69) is 26.1 Å². The average molecular weight is 302 g/mol. The highest BCUT2D eigenvalue weighted by atomic mass is 79.9. The van der Waals surface area contributed by atoms with Crippen LogP contribution in [-0.2, 0) is 12.0 Å². The minimum atomic E-state index is -0.470. The Bertz CT molecular complexity index is 540. The molecule has 0 aromatic carbocycles. The van der Waals surface area contributed by atoms with Gasteiger partial charge in [0.2, 0.25) is 0 Å². The number of aromatic amines is 2. The Morgan fingerprint density at radius 2 is 2.25 bits per heavy atom. The first-order chi connectivity index (χ1) is 7.47. The van der Waals surface area contributed by atoms with Crippen LogP contribution in [-0.4, -0.2) is 10.2 Å². The molecule has 0 aliphatic heterocycles. The van der Waals surface area contributed by atoms with Gasteiger partial charge in [0, 0.05) is 32.9 Å². The lowest BCUT2D eigenvalue weighted by molar-refractivity contribution is 0.495. The van der Waals surface area contributed by atoms with E-state index < -0.39 is 5.54 Å². The summed E-state index contributed by atoms with van der Waals surface area (Å²) in [6.07, 6.45) is 0.596. The summed E-state index contributed by atoms with van der Waals surface area (Å²) in [6.45, 7) is 1.95. The Balaban J connectivity index is 2.23. The van der Waals surface area contributed by atoms with Gasteiger partial charge in [0.15, 0.2) is 0 Å². The molecule has 2 aromatic rings. The second kappa shape index (κ2) is 4.20. The zero-order valence-electron chi connectivity index (χ0n) is 8.71. The van der Waals surface area contributed by atoms with E-state index in [1.165, 1.54) is 6.07 Å². The smallest absolute Gasteiger partial charge is 0.264 e. The normalized spacial score (nSPS) is 14.9. The highest BCUT2D eigenvalue weighted by molar-refractivity contribution is 9.10. The number of nitrogens with two attached hydrogens (primary N) is 1. The first-order valence-electron chi connectivity index (χ1n) is 4.77. The van der Waals surface area contributed by atoms with Gasteiger partial charge in [-0.3, -0.25) is 9.89 Å². The lowest BCUT2D eigenvalue weighted by Crippen LogP contribution is -2.34. The van der Waals surface area contributed by atoms with E-state index in [4.69, 9.17) is 5.73 Å². The molecule has 0 amide bonds. The van der Waals surface area contributed by atoms with Crippen molar-refractivity contribution < 1.29 is 0 Å². The summed E-state index contributed by atoms with van der Waals surface area (Å²) < 4.78 is 1.03. The van der Waals surface area contributed by atoms with Crippen molar-refractivity contribution >= 4 is 27.3 Å². The van der Waals surface area contributed by atoms with Crippen molar-refractivity contribution in [2.75, 3.05) is 0 Å². The predicted molar refractivity (Wildman–Crippen MR) is 68.7 cm³/mol. The molecule has 0 bridgehead atoms.